The fourth-order valence-electron chi connectivity index (χ4n) is 2.82. The van der Waals surface area contributed by atoms with Gasteiger partial charge in [0.05, 0.1) is 0 Å². The Hall–Kier alpha value is -1.58. The van der Waals surface area contributed by atoms with Crippen molar-refractivity contribution in [2.24, 2.45) is 0 Å². The van der Waals surface area contributed by atoms with E-state index in [0.717, 1.165) is 24.4 Å². The Morgan fingerprint density at radius 1 is 0.846 bits per heavy atom. The van der Waals surface area contributed by atoms with Crippen molar-refractivity contribution in [1.82, 2.24) is 5.32 Å². The van der Waals surface area contributed by atoms with E-state index in [2.05, 4.69) is 18.3 Å². The number of ether oxygens (including phenoxy) is 1. The molecule has 2 rings (SSSR count). The van der Waals surface area contributed by atoms with Gasteiger partial charge in [-0.15, -0.1) is 12.4 Å². The summed E-state index contributed by atoms with van der Waals surface area (Å²) in [5, 5.41) is 3.49. The van der Waals surface area contributed by atoms with Crippen LogP contribution in [0.2, 0.25) is 0 Å². The highest BCUT2D eigenvalue weighted by molar-refractivity contribution is 5.85. The van der Waals surface area contributed by atoms with Crippen molar-refractivity contribution in [2.75, 3.05) is 6.54 Å². The predicted molar refractivity (Wildman–Crippen MR) is 110 cm³/mol. The Kier molecular flexibility index (Phi) is 11.7. The molecule has 0 saturated heterocycles. The molecule has 144 valence electrons. The van der Waals surface area contributed by atoms with Crippen LogP contribution in [0.15, 0.2) is 48.5 Å². The smallest absolute Gasteiger partial charge is 0.129 e. The van der Waals surface area contributed by atoms with Gasteiger partial charge in [-0.05, 0) is 25.1 Å². The van der Waals surface area contributed by atoms with Crippen molar-refractivity contribution >= 4 is 12.4 Å². The highest BCUT2D eigenvalue weighted by Crippen LogP contribution is 2.20. The number of hydrogen-bond donors (Lipinski definition) is 1. The minimum atomic E-state index is -0.221. The highest BCUT2D eigenvalue weighted by atomic mass is 35.5. The van der Waals surface area contributed by atoms with Gasteiger partial charge in [0, 0.05) is 17.7 Å². The third kappa shape index (κ3) is 8.20. The summed E-state index contributed by atoms with van der Waals surface area (Å²) in [5.74, 6) is 0.599. The van der Waals surface area contributed by atoms with Crippen LogP contribution in [0.5, 0.6) is 5.75 Å². The van der Waals surface area contributed by atoms with Gasteiger partial charge in [-0.3, -0.25) is 0 Å². The van der Waals surface area contributed by atoms with Gasteiger partial charge in [-0.25, -0.2) is 4.39 Å². The molecule has 0 amide bonds. The van der Waals surface area contributed by atoms with Crippen molar-refractivity contribution in [2.45, 2.75) is 58.6 Å². The maximum Gasteiger partial charge on any atom is 0.129 e. The van der Waals surface area contributed by atoms with Crippen LogP contribution < -0.4 is 10.1 Å². The monoisotopic (exact) mass is 379 g/mol. The van der Waals surface area contributed by atoms with E-state index in [1.54, 1.807) is 12.1 Å². The van der Waals surface area contributed by atoms with Crippen LogP contribution in [0, 0.1) is 5.82 Å². The van der Waals surface area contributed by atoms with Crippen LogP contribution in [-0.4, -0.2) is 6.54 Å². The van der Waals surface area contributed by atoms with E-state index < -0.39 is 0 Å². The van der Waals surface area contributed by atoms with Gasteiger partial charge in [0.15, 0.2) is 0 Å². The van der Waals surface area contributed by atoms with Crippen LogP contribution in [0.3, 0.4) is 0 Å². The highest BCUT2D eigenvalue weighted by Gasteiger charge is 2.05. The normalized spacial score (nSPS) is 10.4. The van der Waals surface area contributed by atoms with E-state index in [1.165, 1.54) is 44.6 Å². The van der Waals surface area contributed by atoms with E-state index >= 15 is 0 Å². The zero-order chi connectivity index (χ0) is 17.7. The molecule has 0 aliphatic heterocycles. The van der Waals surface area contributed by atoms with Gasteiger partial charge >= 0.3 is 0 Å². The zero-order valence-corrected chi connectivity index (χ0v) is 16.5. The Morgan fingerprint density at radius 3 is 2.27 bits per heavy atom. The number of benzene rings is 2. The van der Waals surface area contributed by atoms with E-state index in [1.807, 2.05) is 24.3 Å². The van der Waals surface area contributed by atoms with Crippen LogP contribution >= 0.6 is 12.4 Å². The quantitative estimate of drug-likeness (QED) is 0.438. The summed E-state index contributed by atoms with van der Waals surface area (Å²) in [6, 6.07) is 14.7. The third-order valence-electron chi connectivity index (χ3n) is 4.34. The first-order chi connectivity index (χ1) is 12.3. The Bertz CT molecular complexity index is 621. The topological polar surface area (TPSA) is 21.3 Å². The zero-order valence-electron chi connectivity index (χ0n) is 15.7. The first kappa shape index (κ1) is 22.5. The molecule has 0 unspecified atom stereocenters. The van der Waals surface area contributed by atoms with Gasteiger partial charge in [0.2, 0.25) is 0 Å². The lowest BCUT2D eigenvalue weighted by Crippen LogP contribution is -2.15. The lowest BCUT2D eigenvalue weighted by molar-refractivity contribution is 0.296. The molecule has 2 aromatic rings. The molecule has 0 fully saturated rings. The van der Waals surface area contributed by atoms with Gasteiger partial charge in [-0.1, -0.05) is 75.4 Å². The minimum Gasteiger partial charge on any atom is -0.488 e. The van der Waals surface area contributed by atoms with E-state index in [4.69, 9.17) is 4.74 Å². The summed E-state index contributed by atoms with van der Waals surface area (Å²) >= 11 is 0. The summed E-state index contributed by atoms with van der Waals surface area (Å²) in [7, 11) is 0. The molecular formula is C22H31ClFNO. The number of para-hydroxylation sites is 1. The number of unbranched alkanes of at least 4 members (excludes halogenated alkanes) is 5. The Labute approximate surface area is 163 Å². The largest absolute Gasteiger partial charge is 0.488 e. The lowest BCUT2D eigenvalue weighted by atomic mass is 10.1. The number of halogens is 2. The van der Waals surface area contributed by atoms with Crippen molar-refractivity contribution in [3.63, 3.8) is 0 Å². The molecule has 26 heavy (non-hydrogen) atoms. The molecule has 0 heterocycles. The van der Waals surface area contributed by atoms with Crippen LogP contribution in [0.25, 0.3) is 0 Å². The van der Waals surface area contributed by atoms with Crippen LogP contribution in [0.4, 0.5) is 4.39 Å². The first-order valence-corrected chi connectivity index (χ1v) is 9.46. The molecule has 0 saturated carbocycles. The second kappa shape index (κ2) is 13.6. The van der Waals surface area contributed by atoms with Gasteiger partial charge in [-0.2, -0.15) is 0 Å². The van der Waals surface area contributed by atoms with Crippen LogP contribution in [0.1, 0.15) is 56.6 Å². The van der Waals surface area contributed by atoms with Crippen LogP contribution in [-0.2, 0) is 13.2 Å². The number of rotatable bonds is 12. The maximum atomic E-state index is 13.7. The van der Waals surface area contributed by atoms with Crippen molar-refractivity contribution in [3.05, 3.63) is 65.5 Å². The number of hydrogen-bond acceptors (Lipinski definition) is 2. The molecule has 0 aromatic heterocycles. The molecular weight excluding hydrogens is 349 g/mol. The standard InChI is InChI=1S/C22H30FNO.ClH/c1-2-3-4-5-6-11-16-24-17-19-12-8-10-15-22(19)25-18-20-13-7-9-14-21(20)23;/h7-10,12-15,24H,2-6,11,16-18H2,1H3;1H. The second-order valence-corrected chi connectivity index (χ2v) is 6.43. The van der Waals surface area contributed by atoms with Crippen molar-refractivity contribution in [3.8, 4) is 5.75 Å². The molecule has 0 atom stereocenters. The Morgan fingerprint density at radius 2 is 1.50 bits per heavy atom. The second-order valence-electron chi connectivity index (χ2n) is 6.43. The molecule has 0 aliphatic rings. The average molecular weight is 380 g/mol. The van der Waals surface area contributed by atoms with Gasteiger partial charge < -0.3 is 10.1 Å². The fraction of sp³-hybridized carbons (Fsp3) is 0.455. The summed E-state index contributed by atoms with van der Waals surface area (Å²) < 4.78 is 19.5. The molecule has 4 heteroatoms. The SMILES string of the molecule is CCCCCCCCNCc1ccccc1OCc1ccccc1F.Cl. The summed E-state index contributed by atoms with van der Waals surface area (Å²) in [5.41, 5.74) is 1.70. The van der Waals surface area contributed by atoms with E-state index in [9.17, 15) is 4.39 Å². The molecule has 0 spiro atoms. The van der Waals surface area contributed by atoms with Crippen molar-refractivity contribution < 1.29 is 9.13 Å². The summed E-state index contributed by atoms with van der Waals surface area (Å²) in [4.78, 5) is 0. The fourth-order valence-corrected chi connectivity index (χ4v) is 2.82. The van der Waals surface area contributed by atoms with Gasteiger partial charge in [0.25, 0.3) is 0 Å². The molecule has 0 radical (unpaired) electrons. The van der Waals surface area contributed by atoms with Gasteiger partial charge in [0.1, 0.15) is 18.2 Å². The molecule has 0 bridgehead atoms. The molecule has 1 N–H and O–H groups in total. The summed E-state index contributed by atoms with van der Waals surface area (Å²) in [6.07, 6.45) is 7.82. The number of nitrogens with one attached hydrogen (secondary N) is 1. The molecule has 2 nitrogen and oxygen atoms in total. The van der Waals surface area contributed by atoms with E-state index in [-0.39, 0.29) is 24.8 Å². The van der Waals surface area contributed by atoms with E-state index in [0.29, 0.717) is 5.56 Å². The maximum absolute atomic E-state index is 13.7. The van der Waals surface area contributed by atoms with Crippen molar-refractivity contribution in [1.29, 1.82) is 0 Å². The summed E-state index contributed by atoms with van der Waals surface area (Å²) in [6.45, 7) is 4.30. The lowest BCUT2D eigenvalue weighted by Gasteiger charge is -2.12. The third-order valence-corrected chi connectivity index (χ3v) is 4.34. The Balaban J connectivity index is 0.00000338. The molecule has 0 aliphatic carbocycles. The molecule has 2 aromatic carbocycles. The first-order valence-electron chi connectivity index (χ1n) is 9.46. The average Bonchev–Trinajstić information content (AvgIpc) is 2.64. The predicted octanol–water partition coefficient (Wildman–Crippen LogP) is 6.28. The minimum absolute atomic E-state index is 0.